The van der Waals surface area contributed by atoms with Crippen molar-refractivity contribution in [3.8, 4) is 0 Å². The van der Waals surface area contributed by atoms with Crippen molar-refractivity contribution in [3.05, 3.63) is 23.5 Å². The highest BCUT2D eigenvalue weighted by Gasteiger charge is 2.34. The molecule has 3 heterocycles. The number of pyridine rings is 1. The molecule has 0 saturated carbocycles. The SMILES string of the molecule is O=C1CCCN1C1CCN(S(=O)(=O)c2ccc(Cl)nc2)CC1. The van der Waals surface area contributed by atoms with E-state index in [1.54, 1.807) is 0 Å². The summed E-state index contributed by atoms with van der Waals surface area (Å²) in [5.74, 6) is 0.197. The third kappa shape index (κ3) is 2.98. The highest BCUT2D eigenvalue weighted by molar-refractivity contribution is 7.89. The molecule has 2 aliphatic heterocycles. The normalized spacial score (nSPS) is 21.5. The Morgan fingerprint density at radius 2 is 1.91 bits per heavy atom. The average molecular weight is 344 g/mol. The number of rotatable bonds is 3. The molecular weight excluding hydrogens is 326 g/mol. The van der Waals surface area contributed by atoms with E-state index in [1.165, 1.54) is 22.6 Å². The van der Waals surface area contributed by atoms with Gasteiger partial charge in [-0.1, -0.05) is 11.6 Å². The van der Waals surface area contributed by atoms with Gasteiger partial charge in [-0.05, 0) is 31.4 Å². The van der Waals surface area contributed by atoms with Gasteiger partial charge >= 0.3 is 0 Å². The van der Waals surface area contributed by atoms with Gasteiger partial charge in [-0.2, -0.15) is 4.31 Å². The van der Waals surface area contributed by atoms with Crippen LogP contribution in [0.2, 0.25) is 5.15 Å². The number of carbonyl (C=O) groups is 1. The van der Waals surface area contributed by atoms with E-state index in [0.717, 1.165) is 13.0 Å². The van der Waals surface area contributed by atoms with Crippen LogP contribution in [0.3, 0.4) is 0 Å². The van der Waals surface area contributed by atoms with E-state index < -0.39 is 10.0 Å². The molecule has 8 heteroatoms. The topological polar surface area (TPSA) is 70.6 Å². The molecule has 0 aromatic carbocycles. The Morgan fingerprint density at radius 3 is 2.45 bits per heavy atom. The fraction of sp³-hybridized carbons (Fsp3) is 0.571. The lowest BCUT2D eigenvalue weighted by Crippen LogP contribution is -2.47. The van der Waals surface area contributed by atoms with Crippen LogP contribution >= 0.6 is 11.6 Å². The Kier molecular flexibility index (Phi) is 4.38. The van der Waals surface area contributed by atoms with Gasteiger partial charge in [-0.15, -0.1) is 0 Å². The minimum Gasteiger partial charge on any atom is -0.340 e. The standard InChI is InChI=1S/C14H18ClN3O3S/c15-13-4-3-12(10-16-13)22(20,21)17-8-5-11(6-9-17)18-7-1-2-14(18)19/h3-4,10-11H,1-2,5-9H2. The van der Waals surface area contributed by atoms with Gasteiger partial charge in [0.2, 0.25) is 15.9 Å². The predicted octanol–water partition coefficient (Wildman–Crippen LogP) is 1.51. The second-order valence-electron chi connectivity index (χ2n) is 5.64. The molecule has 2 fully saturated rings. The lowest BCUT2D eigenvalue weighted by molar-refractivity contribution is -0.130. The highest BCUT2D eigenvalue weighted by atomic mass is 35.5. The molecular formula is C14H18ClN3O3S. The number of sulfonamides is 1. The molecule has 0 unspecified atom stereocenters. The number of likely N-dealkylation sites (tertiary alicyclic amines) is 1. The fourth-order valence-electron chi connectivity index (χ4n) is 3.11. The van der Waals surface area contributed by atoms with Crippen molar-refractivity contribution in [1.29, 1.82) is 0 Å². The maximum Gasteiger partial charge on any atom is 0.244 e. The largest absolute Gasteiger partial charge is 0.340 e. The Labute approximate surface area is 135 Å². The number of nitrogens with zero attached hydrogens (tertiary/aromatic N) is 3. The van der Waals surface area contributed by atoms with Gasteiger partial charge < -0.3 is 4.90 Å². The van der Waals surface area contributed by atoms with Crippen molar-refractivity contribution in [2.24, 2.45) is 0 Å². The van der Waals surface area contributed by atoms with Gasteiger partial charge in [0.1, 0.15) is 10.0 Å². The van der Waals surface area contributed by atoms with Crippen molar-refractivity contribution in [2.45, 2.75) is 36.6 Å². The van der Waals surface area contributed by atoms with Gasteiger partial charge in [0.05, 0.1) is 0 Å². The fourth-order valence-corrected chi connectivity index (χ4v) is 4.64. The second kappa shape index (κ2) is 6.14. The number of hydrogen-bond acceptors (Lipinski definition) is 4. The van der Waals surface area contributed by atoms with Crippen LogP contribution in [0.25, 0.3) is 0 Å². The van der Waals surface area contributed by atoms with Gasteiger partial charge in [0, 0.05) is 38.3 Å². The first-order valence-electron chi connectivity index (χ1n) is 7.39. The number of carbonyl (C=O) groups excluding carboxylic acids is 1. The highest BCUT2D eigenvalue weighted by Crippen LogP contribution is 2.25. The molecule has 2 saturated heterocycles. The average Bonchev–Trinajstić information content (AvgIpc) is 2.94. The summed E-state index contributed by atoms with van der Waals surface area (Å²) >= 11 is 5.70. The zero-order valence-electron chi connectivity index (χ0n) is 12.1. The molecule has 0 N–H and O–H groups in total. The lowest BCUT2D eigenvalue weighted by Gasteiger charge is -2.36. The molecule has 2 aliphatic rings. The zero-order chi connectivity index (χ0) is 15.7. The van der Waals surface area contributed by atoms with E-state index in [0.29, 0.717) is 32.4 Å². The molecule has 0 radical (unpaired) electrons. The first-order valence-corrected chi connectivity index (χ1v) is 9.21. The van der Waals surface area contributed by atoms with Crippen LogP contribution in [0.15, 0.2) is 23.2 Å². The van der Waals surface area contributed by atoms with Gasteiger partial charge in [-0.25, -0.2) is 13.4 Å². The summed E-state index contributed by atoms with van der Waals surface area (Å²) in [7, 11) is -3.53. The first kappa shape index (κ1) is 15.7. The quantitative estimate of drug-likeness (QED) is 0.780. The second-order valence-corrected chi connectivity index (χ2v) is 7.97. The number of halogens is 1. The number of amides is 1. The Morgan fingerprint density at radius 1 is 1.18 bits per heavy atom. The Balaban J connectivity index is 1.68. The van der Waals surface area contributed by atoms with E-state index >= 15 is 0 Å². The summed E-state index contributed by atoms with van der Waals surface area (Å²) in [6.45, 7) is 1.66. The summed E-state index contributed by atoms with van der Waals surface area (Å²) in [5, 5.41) is 0.269. The molecule has 1 amide bonds. The number of piperidine rings is 1. The maximum absolute atomic E-state index is 12.6. The Bertz CT molecular complexity index is 654. The smallest absolute Gasteiger partial charge is 0.244 e. The Hall–Kier alpha value is -1.18. The molecule has 22 heavy (non-hydrogen) atoms. The van der Waals surface area contributed by atoms with Crippen molar-refractivity contribution in [1.82, 2.24) is 14.2 Å². The van der Waals surface area contributed by atoms with Crippen LogP contribution < -0.4 is 0 Å². The summed E-state index contributed by atoms with van der Waals surface area (Å²) in [4.78, 5) is 17.7. The lowest BCUT2D eigenvalue weighted by atomic mass is 10.1. The first-order chi connectivity index (χ1) is 10.5. The monoisotopic (exact) mass is 343 g/mol. The van der Waals surface area contributed by atoms with Crippen LogP contribution in [0.1, 0.15) is 25.7 Å². The van der Waals surface area contributed by atoms with Gasteiger partial charge in [-0.3, -0.25) is 4.79 Å². The molecule has 3 rings (SSSR count). The van der Waals surface area contributed by atoms with Crippen molar-refractivity contribution in [2.75, 3.05) is 19.6 Å². The zero-order valence-corrected chi connectivity index (χ0v) is 13.7. The third-order valence-electron chi connectivity index (χ3n) is 4.31. The van der Waals surface area contributed by atoms with Crippen LogP contribution in [0, 0.1) is 0 Å². The van der Waals surface area contributed by atoms with E-state index in [2.05, 4.69) is 4.98 Å². The van der Waals surface area contributed by atoms with Crippen LogP contribution in [0.4, 0.5) is 0 Å². The van der Waals surface area contributed by atoms with Crippen molar-refractivity contribution < 1.29 is 13.2 Å². The molecule has 1 aromatic heterocycles. The van der Waals surface area contributed by atoms with E-state index in [-0.39, 0.29) is 22.0 Å². The molecule has 0 bridgehead atoms. The minimum absolute atomic E-state index is 0.160. The predicted molar refractivity (Wildman–Crippen MR) is 82.0 cm³/mol. The molecule has 120 valence electrons. The summed E-state index contributed by atoms with van der Waals surface area (Å²) < 4.78 is 26.6. The van der Waals surface area contributed by atoms with Crippen LogP contribution in [-0.4, -0.2) is 54.2 Å². The van der Waals surface area contributed by atoms with Crippen LogP contribution in [-0.2, 0) is 14.8 Å². The number of aromatic nitrogens is 1. The minimum atomic E-state index is -3.53. The molecule has 0 aliphatic carbocycles. The molecule has 1 aromatic rings. The molecule has 6 nitrogen and oxygen atoms in total. The van der Waals surface area contributed by atoms with E-state index in [4.69, 9.17) is 11.6 Å². The van der Waals surface area contributed by atoms with Gasteiger partial charge in [0.15, 0.2) is 0 Å². The van der Waals surface area contributed by atoms with Crippen LogP contribution in [0.5, 0.6) is 0 Å². The summed E-state index contributed by atoms with van der Waals surface area (Å²) in [6.07, 6.45) is 4.19. The maximum atomic E-state index is 12.6. The molecule has 0 spiro atoms. The molecule has 0 atom stereocenters. The van der Waals surface area contributed by atoms with Crippen molar-refractivity contribution in [3.63, 3.8) is 0 Å². The van der Waals surface area contributed by atoms with Crippen molar-refractivity contribution >= 4 is 27.5 Å². The van der Waals surface area contributed by atoms with E-state index in [1.807, 2.05) is 4.90 Å². The van der Waals surface area contributed by atoms with E-state index in [9.17, 15) is 13.2 Å². The number of hydrogen-bond donors (Lipinski definition) is 0. The summed E-state index contributed by atoms with van der Waals surface area (Å²) in [5.41, 5.74) is 0. The van der Waals surface area contributed by atoms with Gasteiger partial charge in [0.25, 0.3) is 0 Å². The summed E-state index contributed by atoms with van der Waals surface area (Å²) in [6, 6.07) is 3.12. The third-order valence-corrected chi connectivity index (χ3v) is 6.42.